The number of anilines is 1. The van der Waals surface area contributed by atoms with E-state index in [1.165, 1.54) is 4.90 Å². The Balaban J connectivity index is 1.56. The number of carbonyl (C=O) groups is 2. The number of carbonyl (C=O) groups excluding carboxylic acids is 2. The van der Waals surface area contributed by atoms with E-state index in [9.17, 15) is 9.59 Å². The van der Waals surface area contributed by atoms with Crippen LogP contribution < -0.4 is 9.64 Å². The first-order valence-electron chi connectivity index (χ1n) is 9.72. The van der Waals surface area contributed by atoms with Gasteiger partial charge < -0.3 is 4.74 Å². The van der Waals surface area contributed by atoms with Crippen molar-refractivity contribution in [3.8, 4) is 5.75 Å². The van der Waals surface area contributed by atoms with E-state index in [0.717, 1.165) is 36.4 Å². The highest BCUT2D eigenvalue weighted by molar-refractivity contribution is 6.24. The van der Waals surface area contributed by atoms with Crippen LogP contribution in [0.2, 0.25) is 0 Å². The average Bonchev–Trinajstić information content (AvgIpc) is 3.34. The van der Waals surface area contributed by atoms with E-state index in [2.05, 4.69) is 10.0 Å². The Morgan fingerprint density at radius 1 is 0.929 bits per heavy atom. The maximum atomic E-state index is 13.5. The van der Waals surface area contributed by atoms with Gasteiger partial charge >= 0.3 is 0 Å². The van der Waals surface area contributed by atoms with Crippen molar-refractivity contribution in [2.75, 3.05) is 25.1 Å². The van der Waals surface area contributed by atoms with Crippen LogP contribution in [-0.2, 0) is 9.59 Å². The Morgan fingerprint density at radius 3 is 2.32 bits per heavy atom. The number of benzene rings is 2. The van der Waals surface area contributed by atoms with E-state index in [1.807, 2.05) is 55.5 Å². The smallest absolute Gasteiger partial charge is 0.253 e. The van der Waals surface area contributed by atoms with Crippen molar-refractivity contribution in [3.63, 3.8) is 0 Å². The van der Waals surface area contributed by atoms with Crippen molar-refractivity contribution in [2.24, 2.45) is 5.92 Å². The van der Waals surface area contributed by atoms with Crippen molar-refractivity contribution in [1.82, 2.24) is 10.0 Å². The first-order valence-corrected chi connectivity index (χ1v) is 9.72. The van der Waals surface area contributed by atoms with Crippen molar-refractivity contribution in [2.45, 2.75) is 25.4 Å². The van der Waals surface area contributed by atoms with Crippen molar-refractivity contribution < 1.29 is 14.3 Å². The van der Waals surface area contributed by atoms with Gasteiger partial charge in [-0.3, -0.25) is 9.59 Å². The molecule has 0 unspecified atom stereocenters. The molecule has 3 aliphatic rings. The zero-order chi connectivity index (χ0) is 19.4. The minimum atomic E-state index is -0.414. The van der Waals surface area contributed by atoms with E-state index in [-0.39, 0.29) is 23.8 Å². The van der Waals surface area contributed by atoms with Gasteiger partial charge in [0, 0.05) is 13.1 Å². The van der Waals surface area contributed by atoms with E-state index in [0.29, 0.717) is 5.69 Å². The summed E-state index contributed by atoms with van der Waals surface area (Å²) in [4.78, 5) is 28.2. The van der Waals surface area contributed by atoms with E-state index in [4.69, 9.17) is 4.74 Å². The molecule has 0 radical (unpaired) electrons. The second-order valence-electron chi connectivity index (χ2n) is 7.72. The molecule has 3 saturated heterocycles. The van der Waals surface area contributed by atoms with E-state index >= 15 is 0 Å². The molecule has 0 aliphatic carbocycles. The molecule has 28 heavy (non-hydrogen) atoms. The number of rotatable bonds is 3. The van der Waals surface area contributed by atoms with Gasteiger partial charge in [0.05, 0.1) is 24.8 Å². The second-order valence-corrected chi connectivity index (χ2v) is 7.72. The zero-order valence-corrected chi connectivity index (χ0v) is 16.0. The summed E-state index contributed by atoms with van der Waals surface area (Å²) in [6.45, 7) is 3.65. The molecule has 0 N–H and O–H groups in total. The first kappa shape index (κ1) is 17.4. The number of nitrogens with zero attached hydrogens (tertiary/aromatic N) is 3. The van der Waals surface area contributed by atoms with Gasteiger partial charge in [-0.1, -0.05) is 24.3 Å². The maximum absolute atomic E-state index is 13.5. The summed E-state index contributed by atoms with van der Waals surface area (Å²) < 4.78 is 5.28. The fraction of sp³-hybridized carbons (Fsp3) is 0.364. The molecule has 0 spiro atoms. The monoisotopic (exact) mass is 377 g/mol. The van der Waals surface area contributed by atoms with Crippen LogP contribution >= 0.6 is 0 Å². The predicted molar refractivity (Wildman–Crippen MR) is 105 cm³/mol. The predicted octanol–water partition coefficient (Wildman–Crippen LogP) is 2.54. The molecule has 6 nitrogen and oxygen atoms in total. The largest absolute Gasteiger partial charge is 0.497 e. The summed E-state index contributed by atoms with van der Waals surface area (Å²) in [7, 11) is 1.64. The lowest BCUT2D eigenvalue weighted by molar-refractivity contribution is -0.126. The molecule has 0 saturated carbocycles. The third kappa shape index (κ3) is 2.41. The number of amides is 2. The lowest BCUT2D eigenvalue weighted by atomic mass is 9.90. The maximum Gasteiger partial charge on any atom is 0.253 e. The minimum Gasteiger partial charge on any atom is -0.497 e. The van der Waals surface area contributed by atoms with Gasteiger partial charge in [-0.15, -0.1) is 0 Å². The van der Waals surface area contributed by atoms with Gasteiger partial charge in [0.1, 0.15) is 11.8 Å². The fourth-order valence-electron chi connectivity index (χ4n) is 4.94. The molecule has 3 heterocycles. The standard InChI is InChI=1S/C22H23N3O3/c1-14-5-3-6-16(13-14)25-21(26)18-19(15-7-9-17(28-2)10-8-15)23-11-4-12-24(23)20(18)22(25)27/h3,5-10,13,18-20H,4,11-12H2,1-2H3/t18-,19-,20+/m1/s1. The van der Waals surface area contributed by atoms with Gasteiger partial charge in [-0.2, -0.15) is 0 Å². The summed E-state index contributed by atoms with van der Waals surface area (Å²) in [5, 5.41) is 4.34. The number of aryl methyl sites for hydroxylation is 1. The Morgan fingerprint density at radius 2 is 1.64 bits per heavy atom. The molecule has 0 aromatic heterocycles. The second kappa shape index (κ2) is 6.43. The van der Waals surface area contributed by atoms with Crippen LogP contribution in [0.3, 0.4) is 0 Å². The highest BCUT2D eigenvalue weighted by atomic mass is 16.5. The quantitative estimate of drug-likeness (QED) is 0.770. The molecule has 5 rings (SSSR count). The topological polar surface area (TPSA) is 53.1 Å². The van der Waals surface area contributed by atoms with Crippen molar-refractivity contribution in [3.05, 3.63) is 59.7 Å². The zero-order valence-electron chi connectivity index (χ0n) is 16.0. The van der Waals surface area contributed by atoms with Gasteiger partial charge in [0.25, 0.3) is 5.91 Å². The summed E-state index contributed by atoms with van der Waals surface area (Å²) >= 11 is 0. The number of hydrogen-bond donors (Lipinski definition) is 0. The lowest BCUT2D eigenvalue weighted by Crippen LogP contribution is -2.44. The fourth-order valence-corrected chi connectivity index (χ4v) is 4.94. The van der Waals surface area contributed by atoms with Gasteiger partial charge in [0.15, 0.2) is 0 Å². The van der Waals surface area contributed by atoms with Crippen LogP contribution in [0.5, 0.6) is 5.75 Å². The highest BCUT2D eigenvalue weighted by Gasteiger charge is 2.62. The van der Waals surface area contributed by atoms with Crippen LogP contribution in [0.25, 0.3) is 0 Å². The Labute approximate surface area is 164 Å². The molecule has 0 bridgehead atoms. The molecule has 2 aromatic rings. The number of hydrogen-bond acceptors (Lipinski definition) is 5. The van der Waals surface area contributed by atoms with Gasteiger partial charge in [0.2, 0.25) is 5.91 Å². The first-order chi connectivity index (χ1) is 13.6. The SMILES string of the molecule is COc1ccc([C@@H]2[C@H]3C(=O)N(c4cccc(C)c4)C(=O)[C@H]3N3CCCN23)cc1. The van der Waals surface area contributed by atoms with E-state index < -0.39 is 6.04 Å². The minimum absolute atomic E-state index is 0.101. The number of ether oxygens (including phenoxy) is 1. The number of methoxy groups -OCH3 is 1. The summed E-state index contributed by atoms with van der Waals surface area (Å²) in [6, 6.07) is 14.9. The van der Waals surface area contributed by atoms with E-state index in [1.54, 1.807) is 7.11 Å². The third-order valence-corrected chi connectivity index (χ3v) is 6.12. The van der Waals surface area contributed by atoms with Crippen LogP contribution in [0.15, 0.2) is 48.5 Å². The molecule has 3 fully saturated rings. The molecule has 2 amide bonds. The number of hydrazine groups is 1. The number of imide groups is 1. The molecule has 144 valence electrons. The molecule has 6 heteroatoms. The lowest BCUT2D eigenvalue weighted by Gasteiger charge is -2.29. The molecular weight excluding hydrogens is 354 g/mol. The van der Waals surface area contributed by atoms with Crippen LogP contribution in [-0.4, -0.2) is 48.1 Å². The van der Waals surface area contributed by atoms with Crippen LogP contribution in [0.4, 0.5) is 5.69 Å². The normalized spacial score (nSPS) is 27.4. The molecule has 2 aromatic carbocycles. The highest BCUT2D eigenvalue weighted by Crippen LogP contribution is 2.49. The summed E-state index contributed by atoms with van der Waals surface area (Å²) in [5.41, 5.74) is 2.75. The van der Waals surface area contributed by atoms with Crippen molar-refractivity contribution in [1.29, 1.82) is 0 Å². The molecular formula is C22H23N3O3. The molecule has 3 atom stereocenters. The van der Waals surface area contributed by atoms with Crippen molar-refractivity contribution >= 4 is 17.5 Å². The summed E-state index contributed by atoms with van der Waals surface area (Å²) in [5.74, 6) is 0.188. The Kier molecular flexibility index (Phi) is 4.00. The van der Waals surface area contributed by atoms with Gasteiger partial charge in [-0.05, 0) is 48.7 Å². The Bertz CT molecular complexity index is 942. The van der Waals surface area contributed by atoms with Crippen LogP contribution in [0, 0.1) is 12.8 Å². The Hall–Kier alpha value is -2.70. The summed E-state index contributed by atoms with van der Waals surface area (Å²) in [6.07, 6.45) is 1.00. The van der Waals surface area contributed by atoms with Crippen LogP contribution in [0.1, 0.15) is 23.6 Å². The van der Waals surface area contributed by atoms with Gasteiger partial charge in [-0.25, -0.2) is 14.9 Å². The number of fused-ring (bicyclic) bond motifs is 3. The molecule has 3 aliphatic heterocycles. The third-order valence-electron chi connectivity index (χ3n) is 6.12. The average molecular weight is 377 g/mol.